The highest BCUT2D eigenvalue weighted by Gasteiger charge is 2.24. The van der Waals surface area contributed by atoms with Gasteiger partial charge in [-0.25, -0.2) is 0 Å². The summed E-state index contributed by atoms with van der Waals surface area (Å²) < 4.78 is 1.72. The summed E-state index contributed by atoms with van der Waals surface area (Å²) in [5, 5.41) is 15.3. The van der Waals surface area contributed by atoms with Gasteiger partial charge in [0.15, 0.2) is 0 Å². The zero-order valence-corrected chi connectivity index (χ0v) is 13.6. The standard InChI is InChI=1S/C18H20N6/c1-14-13-15-7-5-6-10-17(15)23(14)12-11-19-18-20-21-22-24(18)16-8-3-2-4-9-16/h2-10,14H,11-13H2,1H3,(H,19,20,22). The molecule has 0 saturated carbocycles. The van der Waals surface area contributed by atoms with Gasteiger partial charge >= 0.3 is 0 Å². The van der Waals surface area contributed by atoms with Crippen molar-refractivity contribution in [1.29, 1.82) is 0 Å². The third kappa shape index (κ3) is 2.71. The average Bonchev–Trinajstić information content (AvgIpc) is 3.20. The van der Waals surface area contributed by atoms with Crippen molar-refractivity contribution < 1.29 is 0 Å². The molecular formula is C18H20N6. The van der Waals surface area contributed by atoms with Crippen LogP contribution in [0.15, 0.2) is 54.6 Å². The van der Waals surface area contributed by atoms with Crippen LogP contribution in [0.2, 0.25) is 0 Å². The first kappa shape index (κ1) is 14.7. The minimum absolute atomic E-state index is 0.523. The average molecular weight is 320 g/mol. The van der Waals surface area contributed by atoms with E-state index >= 15 is 0 Å². The first-order valence-electron chi connectivity index (χ1n) is 8.25. The van der Waals surface area contributed by atoms with Crippen LogP contribution < -0.4 is 10.2 Å². The molecule has 1 N–H and O–H groups in total. The number of para-hydroxylation sites is 2. The van der Waals surface area contributed by atoms with E-state index in [-0.39, 0.29) is 0 Å². The van der Waals surface area contributed by atoms with Gasteiger partial charge in [0.25, 0.3) is 0 Å². The van der Waals surface area contributed by atoms with Gasteiger partial charge in [0.1, 0.15) is 0 Å². The number of hydrogen-bond acceptors (Lipinski definition) is 5. The second kappa shape index (κ2) is 6.31. The molecule has 2 heterocycles. The molecule has 1 atom stereocenters. The number of benzene rings is 2. The molecule has 0 fully saturated rings. The molecule has 2 aromatic carbocycles. The van der Waals surface area contributed by atoms with Crippen molar-refractivity contribution in [3.63, 3.8) is 0 Å². The summed E-state index contributed by atoms with van der Waals surface area (Å²) in [6.45, 7) is 3.97. The fraction of sp³-hybridized carbons (Fsp3) is 0.278. The Bertz CT molecular complexity index is 813. The molecule has 0 radical (unpaired) electrons. The summed E-state index contributed by atoms with van der Waals surface area (Å²) in [5.74, 6) is 0.668. The number of rotatable bonds is 5. The molecule has 1 unspecified atom stereocenters. The number of nitrogens with zero attached hydrogens (tertiary/aromatic N) is 5. The molecule has 0 aliphatic carbocycles. The monoisotopic (exact) mass is 320 g/mol. The van der Waals surface area contributed by atoms with Gasteiger partial charge in [-0.1, -0.05) is 41.5 Å². The first-order chi connectivity index (χ1) is 11.8. The Morgan fingerprint density at radius 3 is 2.75 bits per heavy atom. The van der Waals surface area contributed by atoms with Crippen LogP contribution in [0.1, 0.15) is 12.5 Å². The molecule has 3 aromatic rings. The van der Waals surface area contributed by atoms with Gasteiger partial charge in [-0.3, -0.25) is 0 Å². The molecule has 6 nitrogen and oxygen atoms in total. The number of fused-ring (bicyclic) bond motifs is 1. The summed E-state index contributed by atoms with van der Waals surface area (Å²) in [6, 6.07) is 19.1. The molecule has 24 heavy (non-hydrogen) atoms. The van der Waals surface area contributed by atoms with Crippen LogP contribution in [0, 0.1) is 0 Å². The molecule has 6 heteroatoms. The molecule has 0 amide bonds. The second-order valence-electron chi connectivity index (χ2n) is 6.05. The van der Waals surface area contributed by atoms with Gasteiger partial charge in [-0.2, -0.15) is 4.68 Å². The zero-order chi connectivity index (χ0) is 16.4. The minimum atomic E-state index is 0.523. The lowest BCUT2D eigenvalue weighted by Gasteiger charge is -2.25. The van der Waals surface area contributed by atoms with Crippen molar-refractivity contribution in [3.8, 4) is 5.69 Å². The maximum Gasteiger partial charge on any atom is 0.247 e. The summed E-state index contributed by atoms with van der Waals surface area (Å²) in [5.41, 5.74) is 3.72. The van der Waals surface area contributed by atoms with Gasteiger partial charge in [-0.05, 0) is 47.5 Å². The van der Waals surface area contributed by atoms with E-state index in [0.29, 0.717) is 12.0 Å². The van der Waals surface area contributed by atoms with Crippen LogP contribution in [-0.4, -0.2) is 39.3 Å². The summed E-state index contributed by atoms with van der Waals surface area (Å²) in [6.07, 6.45) is 1.11. The Balaban J connectivity index is 1.43. The van der Waals surface area contributed by atoms with Crippen LogP contribution in [-0.2, 0) is 6.42 Å². The Morgan fingerprint density at radius 2 is 1.88 bits per heavy atom. The third-order valence-electron chi connectivity index (χ3n) is 4.45. The van der Waals surface area contributed by atoms with E-state index < -0.39 is 0 Å². The van der Waals surface area contributed by atoms with E-state index in [2.05, 4.69) is 56.9 Å². The molecule has 0 bridgehead atoms. The Kier molecular flexibility index (Phi) is 3.86. The highest BCUT2D eigenvalue weighted by atomic mass is 15.6. The lowest BCUT2D eigenvalue weighted by Crippen LogP contribution is -2.34. The fourth-order valence-electron chi connectivity index (χ4n) is 3.30. The highest BCUT2D eigenvalue weighted by Crippen LogP contribution is 2.31. The van der Waals surface area contributed by atoms with Crippen molar-refractivity contribution in [2.45, 2.75) is 19.4 Å². The van der Waals surface area contributed by atoms with Gasteiger partial charge in [0.05, 0.1) is 5.69 Å². The molecule has 122 valence electrons. The highest BCUT2D eigenvalue weighted by molar-refractivity contribution is 5.59. The smallest absolute Gasteiger partial charge is 0.247 e. The van der Waals surface area contributed by atoms with Crippen LogP contribution in [0.5, 0.6) is 0 Å². The van der Waals surface area contributed by atoms with E-state index in [4.69, 9.17) is 0 Å². The van der Waals surface area contributed by atoms with Crippen molar-refractivity contribution in [3.05, 3.63) is 60.2 Å². The lowest BCUT2D eigenvalue weighted by atomic mass is 10.1. The minimum Gasteiger partial charge on any atom is -0.367 e. The van der Waals surface area contributed by atoms with Crippen molar-refractivity contribution in [1.82, 2.24) is 20.2 Å². The van der Waals surface area contributed by atoms with E-state index in [9.17, 15) is 0 Å². The van der Waals surface area contributed by atoms with E-state index in [1.54, 1.807) is 4.68 Å². The summed E-state index contributed by atoms with van der Waals surface area (Å²) in [4.78, 5) is 2.44. The molecule has 1 aliphatic heterocycles. The number of anilines is 2. The lowest BCUT2D eigenvalue weighted by molar-refractivity contribution is 0.679. The third-order valence-corrected chi connectivity index (χ3v) is 4.45. The van der Waals surface area contributed by atoms with Gasteiger partial charge in [0, 0.05) is 24.8 Å². The number of nitrogens with one attached hydrogen (secondary N) is 1. The molecular weight excluding hydrogens is 300 g/mol. The fourth-order valence-corrected chi connectivity index (χ4v) is 3.30. The number of tetrazole rings is 1. The number of aromatic nitrogens is 4. The van der Waals surface area contributed by atoms with Gasteiger partial charge in [0.2, 0.25) is 5.95 Å². The maximum atomic E-state index is 4.09. The SMILES string of the molecule is CC1Cc2ccccc2N1CCNc1nnnn1-c1ccccc1. The van der Waals surface area contributed by atoms with Crippen LogP contribution in [0.25, 0.3) is 5.69 Å². The van der Waals surface area contributed by atoms with Crippen LogP contribution >= 0.6 is 0 Å². The topological polar surface area (TPSA) is 58.9 Å². The zero-order valence-electron chi connectivity index (χ0n) is 13.6. The Morgan fingerprint density at radius 1 is 1.08 bits per heavy atom. The largest absolute Gasteiger partial charge is 0.367 e. The van der Waals surface area contributed by atoms with E-state index in [1.165, 1.54) is 11.3 Å². The molecule has 1 aliphatic rings. The summed E-state index contributed by atoms with van der Waals surface area (Å²) in [7, 11) is 0. The van der Waals surface area contributed by atoms with Gasteiger partial charge in [-0.15, -0.1) is 0 Å². The quantitative estimate of drug-likeness (QED) is 0.783. The second-order valence-corrected chi connectivity index (χ2v) is 6.05. The maximum absolute atomic E-state index is 4.09. The number of hydrogen-bond donors (Lipinski definition) is 1. The van der Waals surface area contributed by atoms with Crippen LogP contribution in [0.4, 0.5) is 11.6 Å². The molecule has 0 saturated heterocycles. The van der Waals surface area contributed by atoms with Crippen molar-refractivity contribution in [2.24, 2.45) is 0 Å². The van der Waals surface area contributed by atoms with E-state index in [0.717, 1.165) is 25.2 Å². The summed E-state index contributed by atoms with van der Waals surface area (Å²) >= 11 is 0. The Labute approximate surface area is 141 Å². The molecule has 4 rings (SSSR count). The van der Waals surface area contributed by atoms with Crippen molar-refractivity contribution in [2.75, 3.05) is 23.3 Å². The normalized spacial score (nSPS) is 16.2. The molecule has 1 aromatic heterocycles. The Hall–Kier alpha value is -2.89. The molecule has 0 spiro atoms. The van der Waals surface area contributed by atoms with Gasteiger partial charge < -0.3 is 10.2 Å². The predicted molar refractivity (Wildman–Crippen MR) is 94.6 cm³/mol. The predicted octanol–water partition coefficient (Wildman–Crippen LogP) is 2.53. The first-order valence-corrected chi connectivity index (χ1v) is 8.25. The van der Waals surface area contributed by atoms with Crippen molar-refractivity contribution >= 4 is 11.6 Å². The van der Waals surface area contributed by atoms with E-state index in [1.807, 2.05) is 30.3 Å². The van der Waals surface area contributed by atoms with Crippen LogP contribution in [0.3, 0.4) is 0 Å².